The van der Waals surface area contributed by atoms with E-state index in [0.29, 0.717) is 101 Å². The van der Waals surface area contributed by atoms with Crippen LogP contribution in [0.3, 0.4) is 0 Å². The van der Waals surface area contributed by atoms with Crippen LogP contribution in [0.25, 0.3) is 46.4 Å². The molecule has 123 heavy (non-hydrogen) atoms. The lowest BCUT2D eigenvalue weighted by atomic mass is 10.1. The van der Waals surface area contributed by atoms with Crippen molar-refractivity contribution in [2.45, 2.75) is 176 Å². The van der Waals surface area contributed by atoms with E-state index in [1.54, 1.807) is 66.4 Å². The van der Waals surface area contributed by atoms with Crippen molar-refractivity contribution in [3.05, 3.63) is 237 Å². The van der Waals surface area contributed by atoms with Gasteiger partial charge in [0.2, 0.25) is 0 Å². The predicted octanol–water partition coefficient (Wildman–Crippen LogP) is 26.9. The summed E-state index contributed by atoms with van der Waals surface area (Å²) in [6, 6.07) is 39.5. The summed E-state index contributed by atoms with van der Waals surface area (Å²) < 4.78 is 161. The molecule has 0 aliphatic heterocycles. The van der Waals surface area contributed by atoms with Gasteiger partial charge in [0.15, 0.2) is 23.4 Å². The van der Waals surface area contributed by atoms with Gasteiger partial charge in [-0.2, -0.15) is 39.5 Å². The van der Waals surface area contributed by atoms with E-state index in [-0.39, 0.29) is 6.61 Å². The van der Waals surface area contributed by atoms with Crippen molar-refractivity contribution in [3.63, 3.8) is 0 Å². The van der Waals surface area contributed by atoms with Crippen LogP contribution in [-0.2, 0) is 57.0 Å². The second-order valence-electron chi connectivity index (χ2n) is 30.5. The van der Waals surface area contributed by atoms with Crippen LogP contribution in [-0.4, -0.2) is 93.3 Å². The molecule has 0 spiro atoms. The Morgan fingerprint density at radius 2 is 0.748 bits per heavy atom. The number of carboxylic acids is 4. The van der Waals surface area contributed by atoms with E-state index in [4.69, 9.17) is 38.3 Å². The Hall–Kier alpha value is -9.98. The highest BCUT2D eigenvalue weighted by Gasteiger charge is 2.36. The molecular weight excluding hydrogens is 1770 g/mol. The largest absolute Gasteiger partial charge is 0.494 e. The van der Waals surface area contributed by atoms with Gasteiger partial charge in [-0.15, -0.1) is 57.1 Å². The number of ether oxygens (including phenoxy) is 7. The zero-order valence-corrected chi connectivity index (χ0v) is 75.6. The van der Waals surface area contributed by atoms with Gasteiger partial charge in [-0.3, -0.25) is 0 Å². The maximum atomic E-state index is 13.0. The van der Waals surface area contributed by atoms with Gasteiger partial charge >= 0.3 is 42.4 Å². The van der Waals surface area contributed by atoms with Crippen molar-refractivity contribution in [3.8, 4) is 40.2 Å². The number of aryl methyl sites for hydroxylation is 11. The molecule has 0 radical (unpaired) electrons. The van der Waals surface area contributed by atoms with Gasteiger partial charge in [-0.25, -0.2) is 19.2 Å². The summed E-state index contributed by atoms with van der Waals surface area (Å²) in [4.78, 5) is 49.8. The topological polar surface area (TPSA) is 214 Å². The highest BCUT2D eigenvalue weighted by molar-refractivity contribution is 9.10. The highest BCUT2D eigenvalue weighted by atomic mass is 79.9. The first-order chi connectivity index (χ1) is 57.6. The lowest BCUT2D eigenvalue weighted by molar-refractivity contribution is -0.152. The number of carbonyl (C=O) groups is 4. The summed E-state index contributed by atoms with van der Waals surface area (Å²) >= 11 is 11.4. The van der Waals surface area contributed by atoms with E-state index in [2.05, 4.69) is 41.1 Å². The molecule has 0 amide bonds. The number of thioether (sulfide) groups is 1. The van der Waals surface area contributed by atoms with Gasteiger partial charge in [0.25, 0.3) is 0 Å². The van der Waals surface area contributed by atoms with Crippen LogP contribution in [0.4, 0.5) is 39.5 Å². The van der Waals surface area contributed by atoms with Crippen molar-refractivity contribution in [1.29, 1.82) is 0 Å². The Morgan fingerprint density at radius 3 is 1.15 bits per heavy atom. The number of benzene rings is 8. The third kappa shape index (κ3) is 26.5. The Balaban J connectivity index is 0.000000186. The van der Waals surface area contributed by atoms with Crippen LogP contribution in [0.15, 0.2) is 161 Å². The zero-order valence-electron chi connectivity index (χ0n) is 69.9. The number of alkyl halides is 9. The van der Waals surface area contributed by atoms with Crippen LogP contribution in [0.5, 0.6) is 40.2 Å². The van der Waals surface area contributed by atoms with Gasteiger partial charge < -0.3 is 53.6 Å². The number of thiophene rings is 4. The molecule has 0 bridgehead atoms. The molecule has 12 aromatic rings. The smallest absolute Gasteiger partial charge is 0.416 e. The van der Waals surface area contributed by atoms with E-state index in [0.717, 1.165) is 115 Å². The van der Waals surface area contributed by atoms with Crippen molar-refractivity contribution >= 4 is 143 Å². The number of hydrogen-bond donors (Lipinski definition) is 4. The number of carboxylic acid groups (broad SMARTS) is 4. The van der Waals surface area contributed by atoms with Crippen LogP contribution >= 0.6 is 73.0 Å². The normalized spacial score (nSPS) is 12.0. The number of fused-ring (bicyclic) bond motifs is 4. The molecule has 8 aromatic carbocycles. The van der Waals surface area contributed by atoms with Crippen LogP contribution < -0.4 is 33.2 Å². The molecule has 656 valence electrons. The minimum atomic E-state index is -4.35. The summed E-state index contributed by atoms with van der Waals surface area (Å²) in [6.45, 7) is 25.3. The fourth-order valence-electron chi connectivity index (χ4n) is 12.5. The third-order valence-electron chi connectivity index (χ3n) is 19.7. The molecule has 0 saturated heterocycles. The summed E-state index contributed by atoms with van der Waals surface area (Å²) in [5, 5.41) is 39.8. The highest BCUT2D eigenvalue weighted by Crippen LogP contribution is 2.43. The average Bonchev–Trinajstić information content (AvgIpc) is 1.67. The van der Waals surface area contributed by atoms with Crippen molar-refractivity contribution in [2.75, 3.05) is 32.2 Å². The molecule has 0 saturated carbocycles. The lowest BCUT2D eigenvalue weighted by Crippen LogP contribution is -2.38. The van der Waals surface area contributed by atoms with E-state index in [9.17, 15) is 74.0 Å². The monoisotopic (exact) mass is 1860 g/mol. The molecule has 0 aliphatic rings. The molecule has 4 heterocycles. The first kappa shape index (κ1) is 96.8. The van der Waals surface area contributed by atoms with Crippen LogP contribution in [0.2, 0.25) is 0 Å². The molecule has 0 atom stereocenters. The molecule has 0 unspecified atom stereocenters. The second-order valence-corrected chi connectivity index (χ2v) is 37.0. The molecule has 4 N–H and O–H groups in total. The van der Waals surface area contributed by atoms with E-state index >= 15 is 0 Å². The number of hydrogen-bond acceptors (Lipinski definition) is 16. The maximum absolute atomic E-state index is 13.0. The van der Waals surface area contributed by atoms with Crippen molar-refractivity contribution in [1.82, 2.24) is 0 Å². The van der Waals surface area contributed by atoms with E-state index < -0.39 is 75.9 Å². The summed E-state index contributed by atoms with van der Waals surface area (Å²) in [6.07, 6.45) is -4.36. The fraction of sp³-hybridized carbons (Fsp3) is 0.333. The van der Waals surface area contributed by atoms with Crippen molar-refractivity contribution in [2.24, 2.45) is 0 Å². The molecule has 0 fully saturated rings. The Morgan fingerprint density at radius 1 is 0.390 bits per heavy atom. The average molecular weight is 1860 g/mol. The summed E-state index contributed by atoms with van der Waals surface area (Å²) in [5.74, 6) is 0.658. The predicted molar refractivity (Wildman–Crippen MR) is 475 cm³/mol. The van der Waals surface area contributed by atoms with Gasteiger partial charge in [0.1, 0.15) is 40.2 Å². The second kappa shape index (κ2) is 41.2. The standard InChI is InChI=1S/2C24H25F3O4S.C23H25BrO4S.C22H19F3O3S2/c1-14-12-17(8-9-19(14)31-23(3,4)22(28)29)30-11-5-6-20-15(2)18-13-16(24(25,26)27)7-10-21(18)32-20;1-14-12-17(8-10-19(14)31-23(3,4)22(28)29)30-11-5-6-20-15(2)18-9-7-16(24(25,26)27)13-21(18)32-20;1-14-12-17(8-10-19(14)28-23(3,4)22(25)26)27-11-5-6-20-15(2)18-9-7-16(24)13-21(18)29-20;1-13-10-16(6-7-18(13)28-12-21(26)27)29-9-3-4-19-14(2)17-11-15(22(23,24)25)5-8-20(17)30-19/h2*7-10,12-13H,5-6,11H2,1-4H3,(H,28,29);7-10,12-13H,5-6,11H2,1-4H3,(H,25,26);3-8,10-11H,9,12H2,1-2H3,(H,26,27)/b;;;4-3+. The maximum Gasteiger partial charge on any atom is 0.416 e. The molecule has 30 heteroatoms. The SMILES string of the molecule is Cc1cc(OCCCc2sc3cc(Br)ccc3c2C)ccc1OC(C)(C)C(=O)O.Cc1cc(OCCCc2sc3cc(C(F)(F)F)ccc3c2C)ccc1OC(C)(C)C(=O)O.Cc1cc(OCCCc2sc3ccc(C(F)(F)F)cc3c2C)ccc1OC(C)(C)C(=O)O.Cc1cc(SC/C=C/c2sc3ccc(C(F)(F)F)cc3c2C)ccc1OCC(=O)O. The molecule has 0 aliphatic carbocycles. The summed E-state index contributed by atoms with van der Waals surface area (Å²) in [7, 11) is 0. The minimum absolute atomic E-state index is 0.380. The number of aliphatic carboxylic acids is 4. The van der Waals surface area contributed by atoms with E-state index in [1.807, 2.05) is 96.2 Å². The summed E-state index contributed by atoms with van der Waals surface area (Å²) in [5.41, 5.74) is 1.49. The molecule has 15 nitrogen and oxygen atoms in total. The van der Waals surface area contributed by atoms with E-state index in [1.165, 1.54) is 126 Å². The Bertz CT molecular complexity index is 5730. The van der Waals surface area contributed by atoms with Gasteiger partial charge in [-0.05, 0) is 341 Å². The molecule has 4 aromatic heterocycles. The van der Waals surface area contributed by atoms with Crippen molar-refractivity contribution < 1.29 is 112 Å². The third-order valence-corrected chi connectivity index (χ3v) is 26.3. The Kier molecular flexibility index (Phi) is 32.5. The number of halogens is 10. The number of rotatable bonds is 31. The van der Waals surface area contributed by atoms with Gasteiger partial charge in [0.05, 0.1) is 36.5 Å². The first-order valence-electron chi connectivity index (χ1n) is 38.8. The Labute approximate surface area is 735 Å². The van der Waals surface area contributed by atoms with Crippen LogP contribution in [0.1, 0.15) is 142 Å². The quantitative estimate of drug-likeness (QED) is 0.0181. The van der Waals surface area contributed by atoms with Gasteiger partial charge in [0, 0.05) is 53.4 Å². The van der Waals surface area contributed by atoms with Crippen LogP contribution in [0, 0.1) is 55.4 Å². The fourth-order valence-corrected chi connectivity index (χ4v) is 18.7. The molecule has 12 rings (SSSR count). The first-order valence-corrected chi connectivity index (χ1v) is 43.8. The zero-order chi connectivity index (χ0) is 90.4. The van der Waals surface area contributed by atoms with Gasteiger partial charge in [-0.1, -0.05) is 34.1 Å². The lowest BCUT2D eigenvalue weighted by Gasteiger charge is -2.23. The minimum Gasteiger partial charge on any atom is -0.494 e. The molecular formula is C93H94BrF9O15S5.